The van der Waals surface area contributed by atoms with Gasteiger partial charge >= 0.3 is 0 Å². The highest BCUT2D eigenvalue weighted by Gasteiger charge is 2.20. The third kappa shape index (κ3) is 3.26. The number of halogens is 1. The summed E-state index contributed by atoms with van der Waals surface area (Å²) in [5.74, 6) is -1.35. The zero-order valence-electron chi connectivity index (χ0n) is 12.4. The van der Waals surface area contributed by atoms with Crippen LogP contribution in [0.15, 0.2) is 65.8 Å². The maximum atomic E-state index is 13.6. The van der Waals surface area contributed by atoms with E-state index >= 15 is 0 Å². The van der Waals surface area contributed by atoms with Crippen LogP contribution in [0, 0.1) is 5.82 Å². The van der Waals surface area contributed by atoms with E-state index in [4.69, 9.17) is 0 Å². The number of carbonyl (C=O) groups is 1. The van der Waals surface area contributed by atoms with Crippen LogP contribution in [0.5, 0.6) is 0 Å². The van der Waals surface area contributed by atoms with Gasteiger partial charge in [-0.1, -0.05) is 30.3 Å². The van der Waals surface area contributed by atoms with Gasteiger partial charge in [0, 0.05) is 23.2 Å². The molecule has 1 amide bonds. The molecule has 2 aromatic carbocycles. The first-order valence-electron chi connectivity index (χ1n) is 7.09. The van der Waals surface area contributed by atoms with E-state index in [-0.39, 0.29) is 16.9 Å². The maximum Gasteiger partial charge on any atom is 0.264 e. The minimum atomic E-state index is -4.07. The van der Waals surface area contributed by atoms with Gasteiger partial charge in [0.2, 0.25) is 5.91 Å². The molecule has 0 saturated carbocycles. The predicted octanol–water partition coefficient (Wildman–Crippen LogP) is 2.42. The second-order valence-corrected chi connectivity index (χ2v) is 6.80. The van der Waals surface area contributed by atoms with Crippen LogP contribution in [0.25, 0.3) is 10.8 Å². The van der Waals surface area contributed by atoms with Crippen molar-refractivity contribution in [2.45, 2.75) is 11.3 Å². The van der Waals surface area contributed by atoms with Crippen molar-refractivity contribution in [2.75, 3.05) is 0 Å². The van der Waals surface area contributed by atoms with Crippen molar-refractivity contribution in [1.82, 2.24) is 9.71 Å². The highest BCUT2D eigenvalue weighted by molar-refractivity contribution is 7.90. The average molecular weight is 344 g/mol. The molecule has 0 fully saturated rings. The molecule has 1 N–H and O–H groups in total. The number of pyridine rings is 1. The molecule has 3 rings (SSSR count). The molecule has 0 aliphatic heterocycles. The van der Waals surface area contributed by atoms with Crippen LogP contribution < -0.4 is 4.72 Å². The third-order valence-electron chi connectivity index (χ3n) is 3.49. The SMILES string of the molecule is O=C(Cc1ccccc1F)NS(=O)(=O)c1cccc2cnccc12. The molecule has 1 aromatic heterocycles. The number of carbonyl (C=O) groups excluding carboxylic acids is 1. The van der Waals surface area contributed by atoms with E-state index in [9.17, 15) is 17.6 Å². The molecule has 1 heterocycles. The highest BCUT2D eigenvalue weighted by atomic mass is 32.2. The Morgan fingerprint density at radius 2 is 1.88 bits per heavy atom. The van der Waals surface area contributed by atoms with E-state index < -0.39 is 21.7 Å². The number of benzene rings is 2. The minimum Gasteiger partial charge on any atom is -0.274 e. The van der Waals surface area contributed by atoms with Gasteiger partial charge in [-0.05, 0) is 23.8 Å². The monoisotopic (exact) mass is 344 g/mol. The number of nitrogens with zero attached hydrogens (tertiary/aromatic N) is 1. The van der Waals surface area contributed by atoms with Gasteiger partial charge in [-0.15, -0.1) is 0 Å². The van der Waals surface area contributed by atoms with E-state index in [1.54, 1.807) is 24.3 Å². The molecule has 5 nitrogen and oxygen atoms in total. The molecule has 24 heavy (non-hydrogen) atoms. The molecular formula is C17H13FN2O3S. The smallest absolute Gasteiger partial charge is 0.264 e. The quantitative estimate of drug-likeness (QED) is 0.789. The van der Waals surface area contributed by atoms with E-state index in [1.807, 2.05) is 4.72 Å². The first kappa shape index (κ1) is 16.1. The zero-order chi connectivity index (χ0) is 17.2. The number of aromatic nitrogens is 1. The second-order valence-electron chi connectivity index (χ2n) is 5.15. The summed E-state index contributed by atoms with van der Waals surface area (Å²) in [5.41, 5.74) is 0.132. The summed E-state index contributed by atoms with van der Waals surface area (Å²) in [6.45, 7) is 0. The number of nitrogens with one attached hydrogen (secondary N) is 1. The largest absolute Gasteiger partial charge is 0.274 e. The number of sulfonamides is 1. The number of hydrogen-bond donors (Lipinski definition) is 1. The average Bonchev–Trinajstić information content (AvgIpc) is 2.56. The third-order valence-corrected chi connectivity index (χ3v) is 4.92. The summed E-state index contributed by atoms with van der Waals surface area (Å²) < 4.78 is 40.5. The fraction of sp³-hybridized carbons (Fsp3) is 0.0588. The lowest BCUT2D eigenvalue weighted by Gasteiger charge is -2.10. The first-order valence-corrected chi connectivity index (χ1v) is 8.57. The number of hydrogen-bond acceptors (Lipinski definition) is 4. The van der Waals surface area contributed by atoms with Crippen molar-refractivity contribution in [3.63, 3.8) is 0 Å². The van der Waals surface area contributed by atoms with Crippen molar-refractivity contribution in [1.29, 1.82) is 0 Å². The Morgan fingerprint density at radius 3 is 2.67 bits per heavy atom. The molecule has 0 aliphatic carbocycles. The van der Waals surface area contributed by atoms with Crippen LogP contribution in [0.4, 0.5) is 4.39 Å². The summed E-state index contributed by atoms with van der Waals surface area (Å²) in [5, 5.41) is 1.10. The van der Waals surface area contributed by atoms with Crippen molar-refractivity contribution < 1.29 is 17.6 Å². The van der Waals surface area contributed by atoms with Gasteiger partial charge in [0.05, 0.1) is 11.3 Å². The lowest BCUT2D eigenvalue weighted by Crippen LogP contribution is -2.32. The van der Waals surface area contributed by atoms with Crippen molar-refractivity contribution >= 4 is 26.7 Å². The van der Waals surface area contributed by atoms with Gasteiger partial charge in [-0.2, -0.15) is 0 Å². The molecule has 7 heteroatoms. The first-order chi connectivity index (χ1) is 11.5. The lowest BCUT2D eigenvalue weighted by atomic mass is 10.1. The molecule has 0 aliphatic rings. The summed E-state index contributed by atoms with van der Waals surface area (Å²) in [7, 11) is -4.07. The van der Waals surface area contributed by atoms with Gasteiger partial charge in [-0.3, -0.25) is 9.78 Å². The molecule has 0 atom stereocenters. The zero-order valence-corrected chi connectivity index (χ0v) is 13.3. The van der Waals surface area contributed by atoms with E-state index in [0.29, 0.717) is 10.8 Å². The predicted molar refractivity (Wildman–Crippen MR) is 87.2 cm³/mol. The fourth-order valence-electron chi connectivity index (χ4n) is 2.38. The Bertz CT molecular complexity index is 1010. The Morgan fingerprint density at radius 1 is 1.08 bits per heavy atom. The van der Waals surface area contributed by atoms with Gasteiger partial charge in [0.15, 0.2) is 0 Å². The number of rotatable bonds is 4. The summed E-state index contributed by atoms with van der Waals surface area (Å²) >= 11 is 0. The van der Waals surface area contributed by atoms with E-state index in [0.717, 1.165) is 0 Å². The second kappa shape index (κ2) is 6.37. The van der Waals surface area contributed by atoms with E-state index in [2.05, 4.69) is 4.98 Å². The van der Waals surface area contributed by atoms with Crippen LogP contribution in [-0.2, 0) is 21.2 Å². The Labute approximate surface area is 138 Å². The lowest BCUT2D eigenvalue weighted by molar-refractivity contribution is -0.118. The molecular weight excluding hydrogens is 331 g/mol. The van der Waals surface area contributed by atoms with Crippen molar-refractivity contribution in [3.05, 3.63) is 72.3 Å². The van der Waals surface area contributed by atoms with Crippen LogP contribution in [-0.4, -0.2) is 19.3 Å². The Kier molecular flexibility index (Phi) is 4.26. The summed E-state index contributed by atoms with van der Waals surface area (Å²) in [4.78, 5) is 15.9. The Balaban J connectivity index is 1.88. The molecule has 0 saturated heterocycles. The normalized spacial score (nSPS) is 11.4. The van der Waals surface area contributed by atoms with Gasteiger partial charge < -0.3 is 0 Å². The standard InChI is InChI=1S/C17H13FN2O3S/c18-15-6-2-1-4-12(15)10-17(21)20-24(22,23)16-7-3-5-13-11-19-9-8-14(13)16/h1-9,11H,10H2,(H,20,21). The van der Waals surface area contributed by atoms with Crippen molar-refractivity contribution in [2.24, 2.45) is 0 Å². The van der Waals surface area contributed by atoms with Crippen LogP contribution in [0.2, 0.25) is 0 Å². The molecule has 0 bridgehead atoms. The minimum absolute atomic E-state index is 0.0238. The molecule has 3 aromatic rings. The van der Waals surface area contributed by atoms with E-state index in [1.165, 1.54) is 36.7 Å². The van der Waals surface area contributed by atoms with Crippen LogP contribution in [0.3, 0.4) is 0 Å². The topological polar surface area (TPSA) is 76.1 Å². The Hall–Kier alpha value is -2.80. The molecule has 0 unspecified atom stereocenters. The fourth-order valence-corrected chi connectivity index (χ4v) is 3.60. The maximum absolute atomic E-state index is 13.6. The summed E-state index contributed by atoms with van der Waals surface area (Å²) in [6, 6.07) is 12.0. The molecule has 0 spiro atoms. The number of fused-ring (bicyclic) bond motifs is 1. The molecule has 122 valence electrons. The van der Waals surface area contributed by atoms with Crippen LogP contribution in [0.1, 0.15) is 5.56 Å². The van der Waals surface area contributed by atoms with Gasteiger partial charge in [0.25, 0.3) is 10.0 Å². The van der Waals surface area contributed by atoms with Gasteiger partial charge in [0.1, 0.15) is 5.82 Å². The van der Waals surface area contributed by atoms with Crippen LogP contribution >= 0.6 is 0 Å². The molecule has 0 radical (unpaired) electrons. The highest BCUT2D eigenvalue weighted by Crippen LogP contribution is 2.21. The summed E-state index contributed by atoms with van der Waals surface area (Å²) in [6.07, 6.45) is 2.65. The van der Waals surface area contributed by atoms with Crippen molar-refractivity contribution in [3.8, 4) is 0 Å². The van der Waals surface area contributed by atoms with Gasteiger partial charge in [-0.25, -0.2) is 17.5 Å². The number of amides is 1.